The van der Waals surface area contributed by atoms with Gasteiger partial charge in [0, 0.05) is 6.04 Å². The molecule has 2 aromatic rings. The molecule has 4 heteroatoms. The maximum atomic E-state index is 14.4. The van der Waals surface area contributed by atoms with E-state index in [0.29, 0.717) is 5.56 Å². The van der Waals surface area contributed by atoms with Crippen LogP contribution in [0.15, 0.2) is 34.8 Å². The molecule has 0 fully saturated rings. The van der Waals surface area contributed by atoms with Crippen molar-refractivity contribution in [3.63, 3.8) is 0 Å². The minimum atomic E-state index is -0.532. The molecule has 1 unspecified atom stereocenters. The molecule has 0 heterocycles. The molecule has 0 saturated heterocycles. The van der Waals surface area contributed by atoms with E-state index in [0.717, 1.165) is 30.5 Å². The zero-order valence-electron chi connectivity index (χ0n) is 11.7. The van der Waals surface area contributed by atoms with E-state index in [4.69, 9.17) is 0 Å². The van der Waals surface area contributed by atoms with Crippen molar-refractivity contribution < 1.29 is 8.78 Å². The molecule has 0 saturated carbocycles. The molecule has 0 aromatic heterocycles. The lowest BCUT2D eigenvalue weighted by Crippen LogP contribution is -2.18. The number of hydrogen-bond acceptors (Lipinski definition) is 1. The Morgan fingerprint density at radius 1 is 1.24 bits per heavy atom. The van der Waals surface area contributed by atoms with Crippen LogP contribution in [0.5, 0.6) is 0 Å². The second-order valence-corrected chi connectivity index (χ2v) is 6.09. The van der Waals surface area contributed by atoms with Crippen LogP contribution in [0.1, 0.15) is 30.5 Å². The highest BCUT2D eigenvalue weighted by molar-refractivity contribution is 9.10. The van der Waals surface area contributed by atoms with Crippen molar-refractivity contribution in [2.45, 2.75) is 25.8 Å². The predicted octanol–water partition coefficient (Wildman–Crippen LogP) is 4.99. The van der Waals surface area contributed by atoms with E-state index < -0.39 is 11.6 Å². The largest absolute Gasteiger partial charge is 0.310 e. The molecule has 1 N–H and O–H groups in total. The lowest BCUT2D eigenvalue weighted by Gasteiger charge is -2.15. The smallest absolute Gasteiger partial charge is 0.148 e. The molecule has 1 aliphatic rings. The first-order chi connectivity index (χ1) is 10.1. The van der Waals surface area contributed by atoms with Crippen LogP contribution in [0.3, 0.4) is 0 Å². The molecule has 2 aromatic carbocycles. The SMILES string of the molecule is CCNC1CCc2c(-c3c(F)ccc(Br)c3F)cccc21. The molecule has 1 nitrogen and oxygen atoms in total. The zero-order chi connectivity index (χ0) is 15.0. The Balaban J connectivity index is 2.16. The van der Waals surface area contributed by atoms with Gasteiger partial charge < -0.3 is 5.32 Å². The van der Waals surface area contributed by atoms with Crippen molar-refractivity contribution in [1.82, 2.24) is 5.32 Å². The summed E-state index contributed by atoms with van der Waals surface area (Å²) in [6.45, 7) is 2.95. The molecule has 0 amide bonds. The Kier molecular flexibility index (Phi) is 4.09. The Morgan fingerprint density at radius 2 is 2.05 bits per heavy atom. The van der Waals surface area contributed by atoms with Gasteiger partial charge in [-0.15, -0.1) is 0 Å². The summed E-state index contributed by atoms with van der Waals surface area (Å²) in [7, 11) is 0. The first-order valence-electron chi connectivity index (χ1n) is 7.12. The molecule has 110 valence electrons. The van der Waals surface area contributed by atoms with Crippen molar-refractivity contribution in [2.24, 2.45) is 0 Å². The quantitative estimate of drug-likeness (QED) is 0.768. The minimum Gasteiger partial charge on any atom is -0.310 e. The molecule has 21 heavy (non-hydrogen) atoms. The van der Waals surface area contributed by atoms with E-state index in [1.807, 2.05) is 12.1 Å². The number of fused-ring (bicyclic) bond motifs is 1. The maximum Gasteiger partial charge on any atom is 0.148 e. The van der Waals surface area contributed by atoms with Gasteiger partial charge in [-0.3, -0.25) is 0 Å². The van der Waals surface area contributed by atoms with Gasteiger partial charge in [0.05, 0.1) is 10.0 Å². The summed E-state index contributed by atoms with van der Waals surface area (Å²) in [5.74, 6) is -1.05. The van der Waals surface area contributed by atoms with Crippen LogP contribution in [-0.4, -0.2) is 6.54 Å². The summed E-state index contributed by atoms with van der Waals surface area (Å²) in [6.07, 6.45) is 1.81. The van der Waals surface area contributed by atoms with E-state index in [9.17, 15) is 8.78 Å². The summed E-state index contributed by atoms with van der Waals surface area (Å²) in [4.78, 5) is 0. The van der Waals surface area contributed by atoms with Crippen LogP contribution in [-0.2, 0) is 6.42 Å². The number of benzene rings is 2. The normalized spacial score (nSPS) is 17.0. The van der Waals surface area contributed by atoms with Gasteiger partial charge in [-0.2, -0.15) is 0 Å². The average molecular weight is 352 g/mol. The van der Waals surface area contributed by atoms with Crippen LogP contribution in [0.25, 0.3) is 11.1 Å². The fourth-order valence-electron chi connectivity index (χ4n) is 3.12. The molecule has 0 aliphatic heterocycles. The van der Waals surface area contributed by atoms with Crippen molar-refractivity contribution >= 4 is 15.9 Å². The first kappa shape index (κ1) is 14.7. The van der Waals surface area contributed by atoms with Crippen molar-refractivity contribution in [1.29, 1.82) is 0 Å². The highest BCUT2D eigenvalue weighted by Gasteiger charge is 2.26. The predicted molar refractivity (Wildman–Crippen MR) is 84.2 cm³/mol. The van der Waals surface area contributed by atoms with E-state index in [1.165, 1.54) is 12.1 Å². The maximum absolute atomic E-state index is 14.4. The zero-order valence-corrected chi connectivity index (χ0v) is 13.3. The van der Waals surface area contributed by atoms with Gasteiger partial charge in [-0.05, 0) is 64.1 Å². The minimum absolute atomic E-state index is 0.0679. The van der Waals surface area contributed by atoms with E-state index in [-0.39, 0.29) is 16.1 Å². The van der Waals surface area contributed by atoms with E-state index in [2.05, 4.69) is 28.2 Å². The van der Waals surface area contributed by atoms with Crippen molar-refractivity contribution in [3.8, 4) is 11.1 Å². The molecule has 0 spiro atoms. The average Bonchev–Trinajstić information content (AvgIpc) is 2.88. The summed E-state index contributed by atoms with van der Waals surface area (Å²) in [5, 5.41) is 3.42. The number of halogens is 3. The summed E-state index contributed by atoms with van der Waals surface area (Å²) < 4.78 is 28.8. The third-order valence-corrected chi connectivity index (χ3v) is 4.65. The van der Waals surface area contributed by atoms with Crippen LogP contribution in [0.4, 0.5) is 8.78 Å². The molecule has 0 bridgehead atoms. The van der Waals surface area contributed by atoms with Gasteiger partial charge in [0.2, 0.25) is 0 Å². The standard InChI is InChI=1S/C17H16BrF2N/c1-2-21-15-9-6-10-11(15)4-3-5-12(10)16-14(19)8-7-13(18)17(16)20/h3-5,7-8,15,21H,2,6,9H2,1H3. The second-order valence-electron chi connectivity index (χ2n) is 5.24. The number of hydrogen-bond donors (Lipinski definition) is 1. The third-order valence-electron chi connectivity index (χ3n) is 4.03. The highest BCUT2D eigenvalue weighted by Crippen LogP contribution is 2.40. The third kappa shape index (κ3) is 2.51. The molecule has 3 rings (SSSR count). The Morgan fingerprint density at radius 3 is 2.81 bits per heavy atom. The van der Waals surface area contributed by atoms with Gasteiger partial charge in [0.25, 0.3) is 0 Å². The molecular formula is C17H16BrF2N. The van der Waals surface area contributed by atoms with Crippen molar-refractivity contribution in [2.75, 3.05) is 6.54 Å². The lowest BCUT2D eigenvalue weighted by atomic mass is 9.95. The monoisotopic (exact) mass is 351 g/mol. The summed E-state index contributed by atoms with van der Waals surface area (Å²) in [5.41, 5.74) is 2.95. The van der Waals surface area contributed by atoms with Crippen molar-refractivity contribution in [3.05, 3.63) is 57.6 Å². The topological polar surface area (TPSA) is 12.0 Å². The van der Waals surface area contributed by atoms with Gasteiger partial charge >= 0.3 is 0 Å². The van der Waals surface area contributed by atoms with Crippen LogP contribution in [0, 0.1) is 11.6 Å². The summed E-state index contributed by atoms with van der Waals surface area (Å²) >= 11 is 3.14. The van der Waals surface area contributed by atoms with Crippen LogP contribution >= 0.6 is 15.9 Å². The second kappa shape index (κ2) is 5.85. The number of rotatable bonds is 3. The van der Waals surface area contributed by atoms with E-state index >= 15 is 0 Å². The van der Waals surface area contributed by atoms with Crippen LogP contribution < -0.4 is 5.32 Å². The molecule has 1 atom stereocenters. The fraction of sp³-hybridized carbons (Fsp3) is 0.294. The number of nitrogens with one attached hydrogen (secondary N) is 1. The van der Waals surface area contributed by atoms with Gasteiger partial charge in [-0.1, -0.05) is 25.1 Å². The van der Waals surface area contributed by atoms with E-state index in [1.54, 1.807) is 6.07 Å². The lowest BCUT2D eigenvalue weighted by molar-refractivity contribution is 0.549. The Bertz CT molecular complexity index is 685. The summed E-state index contributed by atoms with van der Waals surface area (Å²) in [6, 6.07) is 8.72. The van der Waals surface area contributed by atoms with Gasteiger partial charge in [0.15, 0.2) is 0 Å². The van der Waals surface area contributed by atoms with Gasteiger partial charge in [0.1, 0.15) is 11.6 Å². The first-order valence-corrected chi connectivity index (χ1v) is 7.91. The highest BCUT2D eigenvalue weighted by atomic mass is 79.9. The molecule has 1 aliphatic carbocycles. The van der Waals surface area contributed by atoms with Gasteiger partial charge in [-0.25, -0.2) is 8.78 Å². The fourth-order valence-corrected chi connectivity index (χ4v) is 3.45. The molecular weight excluding hydrogens is 336 g/mol. The molecule has 0 radical (unpaired) electrons. The van der Waals surface area contributed by atoms with Crippen LogP contribution in [0.2, 0.25) is 0 Å². The Hall–Kier alpha value is -1.26. The Labute approximate surface area is 131 Å².